The van der Waals surface area contributed by atoms with Crippen LogP contribution in [0.2, 0.25) is 0 Å². The highest BCUT2D eigenvalue weighted by atomic mass is 19.4. The zero-order chi connectivity index (χ0) is 14.2. The molecule has 0 fully saturated rings. The van der Waals surface area contributed by atoms with E-state index in [1.54, 1.807) is 0 Å². The van der Waals surface area contributed by atoms with Crippen molar-refractivity contribution in [2.45, 2.75) is 25.9 Å². The van der Waals surface area contributed by atoms with Gasteiger partial charge in [-0.25, -0.2) is 0 Å². The molecule has 3 nitrogen and oxygen atoms in total. The van der Waals surface area contributed by atoms with Gasteiger partial charge in [0.05, 0.1) is 16.8 Å². The molecule has 0 aromatic heterocycles. The minimum atomic E-state index is -4.52. The van der Waals surface area contributed by atoms with Crippen LogP contribution in [0.25, 0.3) is 0 Å². The lowest BCUT2D eigenvalue weighted by Gasteiger charge is -2.16. The molecular formula is C13H12F3NO2. The summed E-state index contributed by atoms with van der Waals surface area (Å²) in [5.74, 6) is -1.61. The summed E-state index contributed by atoms with van der Waals surface area (Å²) in [5.41, 5.74) is -0.794. The van der Waals surface area contributed by atoms with Gasteiger partial charge in [-0.05, 0) is 24.6 Å². The molecule has 1 aliphatic rings. The highest BCUT2D eigenvalue weighted by molar-refractivity contribution is 6.52. The van der Waals surface area contributed by atoms with Gasteiger partial charge in [0.2, 0.25) is 0 Å². The number of carbonyl (C=O) groups is 2. The van der Waals surface area contributed by atoms with Crippen LogP contribution in [0, 0.1) is 0 Å². The number of benzene rings is 1. The number of anilines is 1. The quantitative estimate of drug-likeness (QED) is 0.792. The second-order valence-corrected chi connectivity index (χ2v) is 4.37. The van der Waals surface area contributed by atoms with Crippen LogP contribution in [-0.2, 0) is 11.0 Å². The topological polar surface area (TPSA) is 37.4 Å². The first-order chi connectivity index (χ1) is 8.86. The largest absolute Gasteiger partial charge is 0.416 e. The highest BCUT2D eigenvalue weighted by Crippen LogP contribution is 2.36. The van der Waals surface area contributed by atoms with Gasteiger partial charge in [-0.3, -0.25) is 9.59 Å². The molecule has 0 saturated heterocycles. The lowest BCUT2D eigenvalue weighted by Crippen LogP contribution is -2.30. The maximum atomic E-state index is 12.6. The van der Waals surface area contributed by atoms with Gasteiger partial charge >= 0.3 is 6.18 Å². The van der Waals surface area contributed by atoms with Crippen LogP contribution in [-0.4, -0.2) is 18.2 Å². The van der Waals surface area contributed by atoms with Crippen molar-refractivity contribution in [2.75, 3.05) is 11.4 Å². The first-order valence-electron chi connectivity index (χ1n) is 5.93. The summed E-state index contributed by atoms with van der Waals surface area (Å²) in [6.07, 6.45) is -3.00. The van der Waals surface area contributed by atoms with Crippen molar-refractivity contribution in [3.63, 3.8) is 0 Å². The molecule has 0 spiro atoms. The SMILES string of the molecule is CCCCN1C(=O)C(=O)c2cc(C(F)(F)F)ccc21. The molecule has 0 bridgehead atoms. The monoisotopic (exact) mass is 271 g/mol. The molecule has 0 aliphatic carbocycles. The highest BCUT2D eigenvalue weighted by Gasteiger charge is 2.38. The molecule has 1 amide bonds. The first-order valence-corrected chi connectivity index (χ1v) is 5.93. The molecule has 6 heteroatoms. The van der Waals surface area contributed by atoms with E-state index in [9.17, 15) is 22.8 Å². The van der Waals surface area contributed by atoms with Crippen LogP contribution in [0.3, 0.4) is 0 Å². The molecule has 0 N–H and O–H groups in total. The number of alkyl halides is 3. The zero-order valence-electron chi connectivity index (χ0n) is 10.3. The van der Waals surface area contributed by atoms with Crippen LogP contribution in [0.5, 0.6) is 0 Å². The maximum absolute atomic E-state index is 12.6. The molecule has 0 unspecified atom stereocenters. The number of unbranched alkanes of at least 4 members (excludes halogenated alkanes) is 1. The van der Waals surface area contributed by atoms with Crippen LogP contribution in [0.1, 0.15) is 35.7 Å². The van der Waals surface area contributed by atoms with Crippen molar-refractivity contribution < 1.29 is 22.8 Å². The predicted octanol–water partition coefficient (Wildman–Crippen LogP) is 3.03. The Morgan fingerprint density at radius 3 is 2.47 bits per heavy atom. The van der Waals surface area contributed by atoms with Crippen molar-refractivity contribution >= 4 is 17.4 Å². The van der Waals surface area contributed by atoms with Gasteiger partial charge in [0.25, 0.3) is 11.7 Å². The summed E-state index contributed by atoms with van der Waals surface area (Å²) in [5, 5.41) is 0. The number of nitrogens with zero attached hydrogens (tertiary/aromatic N) is 1. The molecule has 0 radical (unpaired) electrons. The number of amides is 1. The van der Waals surface area contributed by atoms with E-state index in [2.05, 4.69) is 0 Å². The molecule has 19 heavy (non-hydrogen) atoms. The third-order valence-electron chi connectivity index (χ3n) is 3.03. The molecule has 1 aromatic carbocycles. The van der Waals surface area contributed by atoms with E-state index in [1.165, 1.54) is 11.0 Å². The van der Waals surface area contributed by atoms with Gasteiger partial charge < -0.3 is 4.90 Å². The predicted molar refractivity (Wildman–Crippen MR) is 63.0 cm³/mol. The molecule has 1 heterocycles. The van der Waals surface area contributed by atoms with Gasteiger partial charge in [-0.2, -0.15) is 13.2 Å². The average molecular weight is 271 g/mol. The molecular weight excluding hydrogens is 259 g/mol. The number of halogens is 3. The minimum absolute atomic E-state index is 0.157. The Bertz CT molecular complexity index is 537. The molecule has 102 valence electrons. The second kappa shape index (κ2) is 4.68. The van der Waals surface area contributed by atoms with Gasteiger partial charge in [-0.1, -0.05) is 13.3 Å². The lowest BCUT2D eigenvalue weighted by atomic mass is 10.1. The summed E-state index contributed by atoms with van der Waals surface area (Å²) in [6, 6.07) is 2.84. The third kappa shape index (κ3) is 2.34. The molecule has 0 atom stereocenters. The van der Waals surface area contributed by atoms with E-state index < -0.39 is 23.4 Å². The number of hydrogen-bond acceptors (Lipinski definition) is 2. The summed E-state index contributed by atoms with van der Waals surface area (Å²) in [6.45, 7) is 2.27. The number of fused-ring (bicyclic) bond motifs is 1. The number of rotatable bonds is 3. The van der Waals surface area contributed by atoms with Crippen LogP contribution in [0.15, 0.2) is 18.2 Å². The van der Waals surface area contributed by atoms with Crippen molar-refractivity contribution in [2.24, 2.45) is 0 Å². The zero-order valence-corrected chi connectivity index (χ0v) is 10.3. The van der Waals surface area contributed by atoms with Crippen molar-refractivity contribution in [1.29, 1.82) is 0 Å². The normalized spacial score (nSPS) is 15.1. The van der Waals surface area contributed by atoms with Crippen LogP contribution >= 0.6 is 0 Å². The summed E-state index contributed by atoms with van der Waals surface area (Å²) < 4.78 is 37.7. The summed E-state index contributed by atoms with van der Waals surface area (Å²) in [4.78, 5) is 24.7. The van der Waals surface area contributed by atoms with E-state index in [0.717, 1.165) is 18.6 Å². The van der Waals surface area contributed by atoms with E-state index in [-0.39, 0.29) is 11.3 Å². The number of carbonyl (C=O) groups excluding carboxylic acids is 2. The van der Waals surface area contributed by atoms with E-state index in [1.807, 2.05) is 6.92 Å². The van der Waals surface area contributed by atoms with Gasteiger partial charge in [0, 0.05) is 6.54 Å². The van der Waals surface area contributed by atoms with Crippen molar-refractivity contribution in [3.8, 4) is 0 Å². The van der Waals surface area contributed by atoms with Gasteiger partial charge in [-0.15, -0.1) is 0 Å². The van der Waals surface area contributed by atoms with Crippen LogP contribution < -0.4 is 4.90 Å². The number of hydrogen-bond donors (Lipinski definition) is 0. The van der Waals surface area contributed by atoms with E-state index >= 15 is 0 Å². The standard InChI is InChI=1S/C13H12F3NO2/c1-2-3-6-17-10-5-4-8(13(14,15)16)7-9(10)11(18)12(17)19/h4-5,7H,2-3,6H2,1H3. The Morgan fingerprint density at radius 2 is 1.89 bits per heavy atom. The maximum Gasteiger partial charge on any atom is 0.416 e. The van der Waals surface area contributed by atoms with Crippen molar-refractivity contribution in [1.82, 2.24) is 0 Å². The molecule has 1 aromatic rings. The van der Waals surface area contributed by atoms with E-state index in [4.69, 9.17) is 0 Å². The smallest absolute Gasteiger partial charge is 0.305 e. The molecule has 2 rings (SSSR count). The third-order valence-corrected chi connectivity index (χ3v) is 3.03. The summed E-state index contributed by atoms with van der Waals surface area (Å²) in [7, 11) is 0. The lowest BCUT2D eigenvalue weighted by molar-refractivity contribution is -0.137. The van der Waals surface area contributed by atoms with E-state index in [0.29, 0.717) is 13.0 Å². The van der Waals surface area contributed by atoms with Gasteiger partial charge in [0.15, 0.2) is 0 Å². The fraction of sp³-hybridized carbons (Fsp3) is 0.385. The number of ketones is 1. The Kier molecular flexibility index (Phi) is 3.34. The minimum Gasteiger partial charge on any atom is -0.305 e. The first kappa shape index (κ1) is 13.6. The Labute approximate surface area is 108 Å². The average Bonchev–Trinajstić information content (AvgIpc) is 2.59. The Morgan fingerprint density at radius 1 is 1.21 bits per heavy atom. The van der Waals surface area contributed by atoms with Gasteiger partial charge in [0.1, 0.15) is 0 Å². The fourth-order valence-electron chi connectivity index (χ4n) is 2.02. The molecule has 1 aliphatic heterocycles. The number of Topliss-reactive ketones (excluding diaryl/α,β-unsaturated/α-hetero) is 1. The summed E-state index contributed by atoms with van der Waals surface area (Å²) >= 11 is 0. The second-order valence-electron chi connectivity index (χ2n) is 4.37. The van der Waals surface area contributed by atoms with Crippen molar-refractivity contribution in [3.05, 3.63) is 29.3 Å². The Hall–Kier alpha value is -1.85. The molecule has 0 saturated carbocycles. The Balaban J connectivity index is 2.41. The fourth-order valence-corrected chi connectivity index (χ4v) is 2.02. The van der Waals surface area contributed by atoms with Crippen LogP contribution in [0.4, 0.5) is 18.9 Å².